The highest BCUT2D eigenvalue weighted by molar-refractivity contribution is 7.91. The van der Waals surface area contributed by atoms with Crippen molar-refractivity contribution in [1.82, 2.24) is 0 Å². The van der Waals surface area contributed by atoms with Gasteiger partial charge in [0.15, 0.2) is 0 Å². The van der Waals surface area contributed by atoms with Crippen LogP contribution in [0.4, 0.5) is 14.5 Å². The van der Waals surface area contributed by atoms with E-state index >= 15 is 0 Å². The van der Waals surface area contributed by atoms with Crippen molar-refractivity contribution in [2.45, 2.75) is 5.75 Å². The first kappa shape index (κ1) is 14.7. The molecule has 3 nitrogen and oxygen atoms in total. The fourth-order valence-corrected chi connectivity index (χ4v) is 3.11. The molecule has 0 spiro atoms. The van der Waals surface area contributed by atoms with Crippen LogP contribution in [-0.2, 0) is 15.8 Å². The molecule has 0 saturated carbocycles. The summed E-state index contributed by atoms with van der Waals surface area (Å²) in [7, 11) is -3.84. The molecule has 0 heterocycles. The lowest BCUT2D eigenvalue weighted by Crippen LogP contribution is -2.16. The Morgan fingerprint density at radius 3 is 2.45 bits per heavy atom. The summed E-state index contributed by atoms with van der Waals surface area (Å²) in [4.78, 5) is 0. The van der Waals surface area contributed by atoms with E-state index < -0.39 is 27.4 Å². The maximum Gasteiger partial charge on any atom is 0.237 e. The van der Waals surface area contributed by atoms with Crippen LogP contribution < -0.4 is 4.72 Å². The molecule has 0 aromatic heterocycles. The largest absolute Gasteiger partial charge is 0.280 e. The van der Waals surface area contributed by atoms with Crippen LogP contribution in [0.25, 0.3) is 0 Å². The van der Waals surface area contributed by atoms with Gasteiger partial charge in [0.25, 0.3) is 0 Å². The monoisotopic (exact) mass is 317 g/mol. The molecule has 7 heteroatoms. The molecule has 2 aromatic rings. The van der Waals surface area contributed by atoms with Crippen LogP contribution in [0.2, 0.25) is 5.02 Å². The molecule has 0 aliphatic heterocycles. The van der Waals surface area contributed by atoms with Gasteiger partial charge < -0.3 is 0 Å². The summed E-state index contributed by atoms with van der Waals surface area (Å²) in [6, 6.07) is 9.03. The Hall–Kier alpha value is -1.66. The van der Waals surface area contributed by atoms with Crippen molar-refractivity contribution in [3.8, 4) is 0 Å². The second-order valence-corrected chi connectivity index (χ2v) is 6.21. The topological polar surface area (TPSA) is 46.2 Å². The maximum absolute atomic E-state index is 13.4. The van der Waals surface area contributed by atoms with Gasteiger partial charge in [0, 0.05) is 11.1 Å². The molecule has 0 radical (unpaired) electrons. The summed E-state index contributed by atoms with van der Waals surface area (Å²) in [5.74, 6) is -2.16. The zero-order chi connectivity index (χ0) is 14.8. The smallest absolute Gasteiger partial charge is 0.237 e. The third kappa shape index (κ3) is 3.68. The Labute approximate surface area is 120 Å². The lowest BCUT2D eigenvalue weighted by molar-refractivity contribution is 0.582. The van der Waals surface area contributed by atoms with E-state index in [0.29, 0.717) is 16.7 Å². The molecular weight excluding hydrogens is 308 g/mol. The number of nitrogens with one attached hydrogen (secondary N) is 1. The van der Waals surface area contributed by atoms with Gasteiger partial charge in [-0.15, -0.1) is 0 Å². The Kier molecular flexibility index (Phi) is 4.25. The SMILES string of the molecule is O=S(=O)(Cc1ccccc1Cl)Nc1ccc(F)cc1F. The summed E-state index contributed by atoms with van der Waals surface area (Å²) in [5, 5.41) is 0.303. The summed E-state index contributed by atoms with van der Waals surface area (Å²) in [6.07, 6.45) is 0. The van der Waals surface area contributed by atoms with Gasteiger partial charge in [-0.25, -0.2) is 17.2 Å². The summed E-state index contributed by atoms with van der Waals surface area (Å²) >= 11 is 5.87. The lowest BCUT2D eigenvalue weighted by atomic mass is 10.2. The minimum absolute atomic E-state index is 0.303. The first-order valence-electron chi connectivity index (χ1n) is 5.56. The molecule has 106 valence electrons. The number of benzene rings is 2. The molecule has 2 aromatic carbocycles. The first-order valence-corrected chi connectivity index (χ1v) is 7.59. The fourth-order valence-electron chi connectivity index (χ4n) is 1.60. The van der Waals surface area contributed by atoms with Crippen molar-refractivity contribution in [2.24, 2.45) is 0 Å². The van der Waals surface area contributed by atoms with Crippen molar-refractivity contribution in [2.75, 3.05) is 4.72 Å². The number of rotatable bonds is 4. The number of sulfonamides is 1. The van der Waals surface area contributed by atoms with E-state index in [1.54, 1.807) is 24.3 Å². The van der Waals surface area contributed by atoms with Gasteiger partial charge in [-0.1, -0.05) is 29.8 Å². The highest BCUT2D eigenvalue weighted by atomic mass is 35.5. The van der Waals surface area contributed by atoms with Gasteiger partial charge in [-0.05, 0) is 23.8 Å². The predicted octanol–water partition coefficient (Wildman–Crippen LogP) is 3.56. The molecule has 1 N–H and O–H groups in total. The Bertz CT molecular complexity index is 735. The third-order valence-corrected chi connectivity index (χ3v) is 4.09. The van der Waals surface area contributed by atoms with Crippen LogP contribution in [0.15, 0.2) is 42.5 Å². The molecule has 0 atom stereocenters. The Balaban J connectivity index is 2.22. The molecule has 0 amide bonds. The van der Waals surface area contributed by atoms with Crippen LogP contribution in [0.5, 0.6) is 0 Å². The van der Waals surface area contributed by atoms with E-state index in [1.165, 1.54) is 0 Å². The zero-order valence-corrected chi connectivity index (χ0v) is 11.7. The van der Waals surface area contributed by atoms with Crippen LogP contribution >= 0.6 is 11.6 Å². The number of hydrogen-bond donors (Lipinski definition) is 1. The van der Waals surface area contributed by atoms with E-state index in [9.17, 15) is 17.2 Å². The number of hydrogen-bond acceptors (Lipinski definition) is 2. The Morgan fingerprint density at radius 2 is 1.80 bits per heavy atom. The second-order valence-electron chi connectivity index (χ2n) is 4.08. The molecule has 0 bridgehead atoms. The molecule has 0 fully saturated rings. The molecule has 0 saturated heterocycles. The van der Waals surface area contributed by atoms with Gasteiger partial charge in [0.1, 0.15) is 11.6 Å². The number of anilines is 1. The van der Waals surface area contributed by atoms with Crippen molar-refractivity contribution < 1.29 is 17.2 Å². The average Bonchev–Trinajstić information content (AvgIpc) is 2.35. The Morgan fingerprint density at radius 1 is 1.10 bits per heavy atom. The summed E-state index contributed by atoms with van der Waals surface area (Å²) in [6.45, 7) is 0. The van der Waals surface area contributed by atoms with Gasteiger partial charge in [-0.3, -0.25) is 4.72 Å². The van der Waals surface area contributed by atoms with Crippen molar-refractivity contribution in [3.05, 3.63) is 64.7 Å². The van der Waals surface area contributed by atoms with Crippen LogP contribution in [0.1, 0.15) is 5.56 Å². The highest BCUT2D eigenvalue weighted by Crippen LogP contribution is 2.21. The van der Waals surface area contributed by atoms with Gasteiger partial charge in [0.2, 0.25) is 10.0 Å². The van der Waals surface area contributed by atoms with Crippen molar-refractivity contribution in [3.63, 3.8) is 0 Å². The van der Waals surface area contributed by atoms with E-state index in [2.05, 4.69) is 4.72 Å². The normalized spacial score (nSPS) is 11.3. The highest BCUT2D eigenvalue weighted by Gasteiger charge is 2.16. The minimum Gasteiger partial charge on any atom is -0.280 e. The molecule has 20 heavy (non-hydrogen) atoms. The first-order chi connectivity index (χ1) is 9.37. The molecule has 0 aliphatic carbocycles. The van der Waals surface area contributed by atoms with E-state index in [0.717, 1.165) is 12.1 Å². The molecule has 0 aliphatic rings. The third-order valence-electron chi connectivity index (χ3n) is 2.50. The predicted molar refractivity (Wildman–Crippen MR) is 74.1 cm³/mol. The summed E-state index contributed by atoms with van der Waals surface area (Å²) in [5.41, 5.74) is 0.0858. The standard InChI is InChI=1S/C13H10ClF2NO2S/c14-11-4-2-1-3-9(11)8-20(18,19)17-13-6-5-10(15)7-12(13)16/h1-7,17H,8H2. The van der Waals surface area contributed by atoms with Crippen LogP contribution in [0.3, 0.4) is 0 Å². The van der Waals surface area contributed by atoms with Gasteiger partial charge in [0.05, 0.1) is 11.4 Å². The number of halogens is 3. The van der Waals surface area contributed by atoms with Gasteiger partial charge >= 0.3 is 0 Å². The maximum atomic E-state index is 13.4. The minimum atomic E-state index is -3.84. The molecular formula is C13H10ClF2NO2S. The van der Waals surface area contributed by atoms with E-state index in [-0.39, 0.29) is 5.69 Å². The lowest BCUT2D eigenvalue weighted by Gasteiger charge is -2.09. The van der Waals surface area contributed by atoms with Gasteiger partial charge in [-0.2, -0.15) is 0 Å². The fraction of sp³-hybridized carbons (Fsp3) is 0.0769. The van der Waals surface area contributed by atoms with Crippen LogP contribution in [0, 0.1) is 11.6 Å². The van der Waals surface area contributed by atoms with Crippen molar-refractivity contribution >= 4 is 27.3 Å². The van der Waals surface area contributed by atoms with E-state index in [1.807, 2.05) is 0 Å². The summed E-state index contributed by atoms with van der Waals surface area (Å²) < 4.78 is 52.1. The van der Waals surface area contributed by atoms with Crippen LogP contribution in [-0.4, -0.2) is 8.42 Å². The second kappa shape index (κ2) is 5.76. The van der Waals surface area contributed by atoms with Crippen molar-refractivity contribution in [1.29, 1.82) is 0 Å². The quantitative estimate of drug-likeness (QED) is 0.937. The van der Waals surface area contributed by atoms with E-state index in [4.69, 9.17) is 11.6 Å². The molecule has 2 rings (SSSR count). The zero-order valence-electron chi connectivity index (χ0n) is 10.1. The average molecular weight is 318 g/mol. The molecule has 0 unspecified atom stereocenters.